The van der Waals surface area contributed by atoms with Crippen molar-refractivity contribution in [1.82, 2.24) is 10.8 Å². The molecule has 0 aromatic carbocycles. The van der Waals surface area contributed by atoms with Crippen LogP contribution in [-0.2, 0) is 4.84 Å². The lowest BCUT2D eigenvalue weighted by Gasteiger charge is -2.25. The molecule has 0 spiro atoms. The molecule has 1 aliphatic rings. The van der Waals surface area contributed by atoms with Gasteiger partial charge in [-0.1, -0.05) is 33.6 Å². The van der Waals surface area contributed by atoms with E-state index in [1.54, 1.807) is 0 Å². The summed E-state index contributed by atoms with van der Waals surface area (Å²) in [7, 11) is 0. The third-order valence-electron chi connectivity index (χ3n) is 3.03. The fraction of sp³-hybridized carbons (Fsp3) is 0.923. The van der Waals surface area contributed by atoms with Crippen LogP contribution in [0.15, 0.2) is 0 Å². The maximum absolute atomic E-state index is 11.6. The van der Waals surface area contributed by atoms with Crippen molar-refractivity contribution in [1.29, 1.82) is 0 Å². The molecule has 2 amide bonds. The van der Waals surface area contributed by atoms with Crippen molar-refractivity contribution >= 4 is 6.03 Å². The maximum Gasteiger partial charge on any atom is 0.339 e. The first-order chi connectivity index (χ1) is 8.40. The number of hydrogen-bond acceptors (Lipinski definition) is 3. The van der Waals surface area contributed by atoms with Crippen LogP contribution in [0.25, 0.3) is 0 Å². The zero-order chi connectivity index (χ0) is 13.6. The van der Waals surface area contributed by atoms with Crippen LogP contribution in [0.3, 0.4) is 0 Å². The van der Waals surface area contributed by atoms with Crippen molar-refractivity contribution in [3.63, 3.8) is 0 Å². The number of hydrogen-bond donors (Lipinski definition) is 3. The number of aliphatic hydroxyl groups excluding tert-OH is 1. The lowest BCUT2D eigenvalue weighted by Crippen LogP contribution is -2.46. The summed E-state index contributed by atoms with van der Waals surface area (Å²) in [6, 6.07) is -0.609. The second-order valence-corrected chi connectivity index (χ2v) is 6.24. The van der Waals surface area contributed by atoms with Crippen molar-refractivity contribution in [3.05, 3.63) is 0 Å². The molecule has 0 saturated heterocycles. The van der Waals surface area contributed by atoms with Gasteiger partial charge in [0.15, 0.2) is 0 Å². The largest absolute Gasteiger partial charge is 0.394 e. The van der Waals surface area contributed by atoms with Crippen LogP contribution in [0, 0.1) is 5.41 Å². The zero-order valence-electron chi connectivity index (χ0n) is 11.7. The van der Waals surface area contributed by atoms with Crippen LogP contribution in [0.5, 0.6) is 0 Å². The minimum atomic E-state index is -0.370. The molecule has 0 heterocycles. The van der Waals surface area contributed by atoms with E-state index < -0.39 is 0 Å². The van der Waals surface area contributed by atoms with Crippen molar-refractivity contribution in [3.8, 4) is 0 Å². The molecule has 0 bridgehead atoms. The Hall–Kier alpha value is -0.810. The van der Waals surface area contributed by atoms with Crippen molar-refractivity contribution in [2.24, 2.45) is 5.41 Å². The summed E-state index contributed by atoms with van der Waals surface area (Å²) in [5.74, 6) is 0. The highest BCUT2D eigenvalue weighted by Crippen LogP contribution is 2.21. The molecule has 1 rings (SSSR count). The van der Waals surface area contributed by atoms with E-state index in [9.17, 15) is 9.90 Å². The predicted molar refractivity (Wildman–Crippen MR) is 70.0 cm³/mol. The van der Waals surface area contributed by atoms with Gasteiger partial charge in [-0.05, 0) is 24.7 Å². The summed E-state index contributed by atoms with van der Waals surface area (Å²) < 4.78 is 0. The van der Waals surface area contributed by atoms with Gasteiger partial charge in [0, 0.05) is 0 Å². The number of urea groups is 1. The van der Waals surface area contributed by atoms with E-state index in [0.717, 1.165) is 32.1 Å². The number of hydroxylamine groups is 1. The molecule has 1 saturated carbocycles. The summed E-state index contributed by atoms with van der Waals surface area (Å²) in [5, 5.41) is 12.0. The molecular formula is C13H26N2O3. The highest BCUT2D eigenvalue weighted by atomic mass is 16.7. The van der Waals surface area contributed by atoms with E-state index in [4.69, 9.17) is 4.84 Å². The third-order valence-corrected chi connectivity index (χ3v) is 3.03. The number of nitrogens with one attached hydrogen (secondary N) is 2. The highest BCUT2D eigenvalue weighted by Gasteiger charge is 2.21. The van der Waals surface area contributed by atoms with Crippen LogP contribution in [0.4, 0.5) is 4.79 Å². The van der Waals surface area contributed by atoms with E-state index in [-0.39, 0.29) is 30.2 Å². The lowest BCUT2D eigenvalue weighted by atomic mass is 9.88. The molecule has 1 unspecified atom stereocenters. The second-order valence-electron chi connectivity index (χ2n) is 6.24. The quantitative estimate of drug-likeness (QED) is 0.660. The molecular weight excluding hydrogens is 232 g/mol. The Balaban J connectivity index is 2.24. The number of rotatable bonds is 5. The summed E-state index contributed by atoms with van der Waals surface area (Å²) in [5.41, 5.74) is 2.48. The van der Waals surface area contributed by atoms with Gasteiger partial charge in [-0.25, -0.2) is 10.3 Å². The summed E-state index contributed by atoms with van der Waals surface area (Å²) in [6.07, 6.45) is 5.21. The topological polar surface area (TPSA) is 70.6 Å². The SMILES string of the molecule is CC(C)(C)CC(CO)NC(=O)NOC1CCCC1. The molecule has 1 atom stereocenters. The number of amides is 2. The first-order valence-electron chi connectivity index (χ1n) is 6.74. The van der Waals surface area contributed by atoms with Gasteiger partial charge in [0.05, 0.1) is 18.8 Å². The van der Waals surface area contributed by atoms with Gasteiger partial charge in [0.2, 0.25) is 0 Å². The first-order valence-corrected chi connectivity index (χ1v) is 6.74. The maximum atomic E-state index is 11.6. The summed E-state index contributed by atoms with van der Waals surface area (Å²) in [6.45, 7) is 6.16. The smallest absolute Gasteiger partial charge is 0.339 e. The fourth-order valence-corrected chi connectivity index (χ4v) is 2.26. The van der Waals surface area contributed by atoms with Crippen LogP contribution >= 0.6 is 0 Å². The Bertz CT molecular complexity index is 257. The number of aliphatic hydroxyl groups is 1. The molecule has 0 radical (unpaired) electrons. The molecule has 1 fully saturated rings. The number of carbonyl (C=O) groups is 1. The monoisotopic (exact) mass is 258 g/mol. The van der Waals surface area contributed by atoms with Gasteiger partial charge in [-0.15, -0.1) is 0 Å². The first kappa shape index (κ1) is 15.2. The Morgan fingerprint density at radius 3 is 2.50 bits per heavy atom. The highest BCUT2D eigenvalue weighted by molar-refractivity contribution is 5.73. The number of carbonyl (C=O) groups excluding carboxylic acids is 1. The second kappa shape index (κ2) is 6.95. The molecule has 1 aliphatic carbocycles. The van der Waals surface area contributed by atoms with Crippen molar-refractivity contribution in [2.45, 2.75) is 65.0 Å². The van der Waals surface area contributed by atoms with Crippen LogP contribution in [-0.4, -0.2) is 29.9 Å². The molecule has 3 N–H and O–H groups in total. The van der Waals surface area contributed by atoms with E-state index in [2.05, 4.69) is 31.6 Å². The van der Waals surface area contributed by atoms with Gasteiger partial charge >= 0.3 is 6.03 Å². The van der Waals surface area contributed by atoms with Crippen LogP contribution < -0.4 is 10.8 Å². The standard InChI is InChI=1S/C13H26N2O3/c1-13(2,3)8-10(9-16)14-12(17)15-18-11-6-4-5-7-11/h10-11,16H,4-9H2,1-3H3,(H2,14,15,17). The van der Waals surface area contributed by atoms with Gasteiger partial charge in [0.25, 0.3) is 0 Å². The van der Waals surface area contributed by atoms with E-state index in [1.165, 1.54) is 0 Å². The van der Waals surface area contributed by atoms with Gasteiger partial charge in [-0.3, -0.25) is 4.84 Å². The van der Waals surface area contributed by atoms with Gasteiger partial charge < -0.3 is 10.4 Å². The zero-order valence-corrected chi connectivity index (χ0v) is 11.7. The average molecular weight is 258 g/mol. The minimum absolute atomic E-state index is 0.0614. The Kier molecular flexibility index (Phi) is 5.88. The Morgan fingerprint density at radius 2 is 2.00 bits per heavy atom. The fourth-order valence-electron chi connectivity index (χ4n) is 2.26. The molecule has 106 valence electrons. The molecule has 5 heteroatoms. The van der Waals surface area contributed by atoms with Crippen LogP contribution in [0.1, 0.15) is 52.9 Å². The lowest BCUT2D eigenvalue weighted by molar-refractivity contribution is -0.00118. The van der Waals surface area contributed by atoms with Gasteiger partial charge in [0.1, 0.15) is 0 Å². The summed E-state index contributed by atoms with van der Waals surface area (Å²) in [4.78, 5) is 16.9. The predicted octanol–water partition coefficient (Wildman–Crippen LogP) is 1.96. The average Bonchev–Trinajstić information content (AvgIpc) is 2.76. The van der Waals surface area contributed by atoms with Gasteiger partial charge in [-0.2, -0.15) is 0 Å². The minimum Gasteiger partial charge on any atom is -0.394 e. The molecule has 5 nitrogen and oxygen atoms in total. The van der Waals surface area contributed by atoms with Crippen molar-refractivity contribution in [2.75, 3.05) is 6.61 Å². The Labute approximate surface area is 109 Å². The molecule has 0 aromatic rings. The molecule has 18 heavy (non-hydrogen) atoms. The molecule has 0 aromatic heterocycles. The Morgan fingerprint density at radius 1 is 1.39 bits per heavy atom. The normalized spacial score (nSPS) is 18.7. The van der Waals surface area contributed by atoms with Crippen LogP contribution in [0.2, 0.25) is 0 Å². The van der Waals surface area contributed by atoms with E-state index in [0.29, 0.717) is 0 Å². The van der Waals surface area contributed by atoms with E-state index in [1.807, 2.05) is 0 Å². The molecule has 0 aliphatic heterocycles. The summed E-state index contributed by atoms with van der Waals surface area (Å²) >= 11 is 0. The van der Waals surface area contributed by atoms with E-state index >= 15 is 0 Å². The third kappa shape index (κ3) is 6.21. The van der Waals surface area contributed by atoms with Crippen molar-refractivity contribution < 1.29 is 14.7 Å².